The molecule has 0 fully saturated rings. The minimum Gasteiger partial charge on any atom is -0.477 e. The number of carboxylic acids is 2. The van der Waals surface area contributed by atoms with Crippen molar-refractivity contribution in [3.05, 3.63) is 47.5 Å². The number of aliphatic carboxylic acids is 2. The molecule has 0 aliphatic rings. The lowest BCUT2D eigenvalue weighted by Gasteiger charge is -2.05. The third kappa shape index (κ3) is 3.14. The minimum absolute atomic E-state index is 0.553. The molecule has 0 saturated carbocycles. The number of carbonyl (C=O) groups is 2. The zero-order valence-corrected chi connectivity index (χ0v) is 12.0. The number of hydrogen-bond donors (Lipinski definition) is 3. The molecular weight excluding hydrogens is 288 g/mol. The molecule has 1 aromatic heterocycles. The van der Waals surface area contributed by atoms with E-state index in [1.807, 2.05) is 13.0 Å². The third-order valence-corrected chi connectivity index (χ3v) is 3.03. The van der Waals surface area contributed by atoms with Crippen LogP contribution in [0.5, 0.6) is 0 Å². The molecule has 0 aliphatic heterocycles. The summed E-state index contributed by atoms with van der Waals surface area (Å²) in [4.78, 5) is 21.6. The van der Waals surface area contributed by atoms with Gasteiger partial charge in [0.25, 0.3) is 0 Å². The Morgan fingerprint density at radius 1 is 1.23 bits per heavy atom. The molecule has 3 N–H and O–H groups in total. The monoisotopic (exact) mass is 302 g/mol. The number of rotatable bonds is 5. The highest BCUT2D eigenvalue weighted by molar-refractivity contribution is 6.12. The van der Waals surface area contributed by atoms with Crippen molar-refractivity contribution in [1.82, 2.24) is 5.16 Å². The van der Waals surface area contributed by atoms with E-state index in [0.717, 1.165) is 23.0 Å². The first-order chi connectivity index (χ1) is 10.4. The van der Waals surface area contributed by atoms with Crippen LogP contribution in [0.3, 0.4) is 0 Å². The van der Waals surface area contributed by atoms with Crippen LogP contribution < -0.4 is 5.32 Å². The maximum atomic E-state index is 10.8. The second kappa shape index (κ2) is 6.13. The molecule has 2 aromatic rings. The maximum absolute atomic E-state index is 10.8. The van der Waals surface area contributed by atoms with Crippen LogP contribution in [0.15, 0.2) is 40.6 Å². The molecule has 0 aliphatic carbocycles. The Bertz CT molecular complexity index is 726. The zero-order valence-electron chi connectivity index (χ0n) is 12.0. The summed E-state index contributed by atoms with van der Waals surface area (Å²) in [5.41, 5.74) is 2.23. The van der Waals surface area contributed by atoms with Gasteiger partial charge in [0, 0.05) is 17.5 Å². The molecular formula is C15H14N2O5. The lowest BCUT2D eigenvalue weighted by molar-refractivity contribution is -0.140. The molecule has 7 heteroatoms. The number of nitrogens with one attached hydrogen (secondary N) is 1. The Balaban J connectivity index is 2.32. The molecule has 0 spiro atoms. The summed E-state index contributed by atoms with van der Waals surface area (Å²) in [5, 5.41) is 24.1. The van der Waals surface area contributed by atoms with Crippen LogP contribution in [0.25, 0.3) is 11.1 Å². The summed E-state index contributed by atoms with van der Waals surface area (Å²) in [5.74, 6) is -2.36. The predicted octanol–water partition coefficient (Wildman–Crippen LogP) is 2.42. The summed E-state index contributed by atoms with van der Waals surface area (Å²) in [7, 11) is 0. The number of aromatic nitrogens is 1. The smallest absolute Gasteiger partial charge is 0.344 e. The number of benzene rings is 1. The van der Waals surface area contributed by atoms with Crippen LogP contribution >= 0.6 is 0 Å². The molecule has 114 valence electrons. The van der Waals surface area contributed by atoms with Crippen molar-refractivity contribution >= 4 is 17.6 Å². The maximum Gasteiger partial charge on any atom is 0.344 e. The van der Waals surface area contributed by atoms with Gasteiger partial charge in [-0.2, -0.15) is 0 Å². The van der Waals surface area contributed by atoms with Crippen molar-refractivity contribution in [1.29, 1.82) is 0 Å². The molecule has 2 rings (SSSR count). The summed E-state index contributed by atoms with van der Waals surface area (Å²) in [6, 6.07) is 7.07. The summed E-state index contributed by atoms with van der Waals surface area (Å²) >= 11 is 0. The van der Waals surface area contributed by atoms with Gasteiger partial charge >= 0.3 is 11.9 Å². The summed E-state index contributed by atoms with van der Waals surface area (Å²) in [6.45, 7) is 3.61. The number of aryl methyl sites for hydroxylation is 2. The van der Waals surface area contributed by atoms with E-state index in [1.54, 1.807) is 25.1 Å². The van der Waals surface area contributed by atoms with Gasteiger partial charge in [0.05, 0.1) is 5.69 Å². The fraction of sp³-hybridized carbons (Fsp3) is 0.133. The van der Waals surface area contributed by atoms with E-state index in [4.69, 9.17) is 14.7 Å². The SMILES string of the molecule is Cc1noc(C)c1-c1cccc(NC=C(C(=O)O)C(=O)O)c1. The minimum atomic E-state index is -1.51. The van der Waals surface area contributed by atoms with E-state index in [9.17, 15) is 9.59 Å². The van der Waals surface area contributed by atoms with E-state index >= 15 is 0 Å². The molecule has 1 heterocycles. The van der Waals surface area contributed by atoms with Gasteiger partial charge in [0.1, 0.15) is 5.76 Å². The quantitative estimate of drug-likeness (QED) is 0.441. The van der Waals surface area contributed by atoms with Crippen molar-refractivity contribution in [3.63, 3.8) is 0 Å². The fourth-order valence-electron chi connectivity index (χ4n) is 2.03. The normalized spacial score (nSPS) is 10.1. The van der Waals surface area contributed by atoms with Crippen LogP contribution in [-0.4, -0.2) is 27.3 Å². The molecule has 0 bridgehead atoms. The van der Waals surface area contributed by atoms with Gasteiger partial charge < -0.3 is 20.1 Å². The average Bonchev–Trinajstić information content (AvgIpc) is 2.78. The summed E-state index contributed by atoms with van der Waals surface area (Å²) < 4.78 is 5.11. The van der Waals surface area contributed by atoms with Gasteiger partial charge in [0.2, 0.25) is 0 Å². The van der Waals surface area contributed by atoms with Gasteiger partial charge in [-0.05, 0) is 31.5 Å². The van der Waals surface area contributed by atoms with E-state index < -0.39 is 17.5 Å². The Hall–Kier alpha value is -3.09. The first-order valence-electron chi connectivity index (χ1n) is 6.36. The Morgan fingerprint density at radius 2 is 1.91 bits per heavy atom. The van der Waals surface area contributed by atoms with Gasteiger partial charge in [-0.25, -0.2) is 9.59 Å². The first-order valence-corrected chi connectivity index (χ1v) is 6.36. The van der Waals surface area contributed by atoms with Crippen LogP contribution in [-0.2, 0) is 9.59 Å². The largest absolute Gasteiger partial charge is 0.477 e. The molecule has 0 radical (unpaired) electrons. The Kier molecular flexibility index (Phi) is 4.26. The summed E-state index contributed by atoms with van der Waals surface area (Å²) in [6.07, 6.45) is 0.942. The molecule has 0 amide bonds. The van der Waals surface area contributed by atoms with Crippen molar-refractivity contribution in [2.45, 2.75) is 13.8 Å². The average molecular weight is 302 g/mol. The van der Waals surface area contributed by atoms with E-state index in [2.05, 4.69) is 10.5 Å². The molecule has 1 aromatic carbocycles. The molecule has 0 saturated heterocycles. The second-order valence-corrected chi connectivity index (χ2v) is 4.59. The second-order valence-electron chi connectivity index (χ2n) is 4.59. The fourth-order valence-corrected chi connectivity index (χ4v) is 2.03. The number of nitrogens with zero attached hydrogens (tertiary/aromatic N) is 1. The van der Waals surface area contributed by atoms with Crippen LogP contribution in [0.1, 0.15) is 11.5 Å². The van der Waals surface area contributed by atoms with Crippen molar-refractivity contribution in [2.75, 3.05) is 5.32 Å². The van der Waals surface area contributed by atoms with Gasteiger partial charge in [-0.3, -0.25) is 0 Å². The first kappa shape index (κ1) is 15.3. The van der Waals surface area contributed by atoms with Crippen LogP contribution in [0, 0.1) is 13.8 Å². The topological polar surface area (TPSA) is 113 Å². The van der Waals surface area contributed by atoms with Gasteiger partial charge in [0.15, 0.2) is 5.57 Å². The van der Waals surface area contributed by atoms with Crippen LogP contribution in [0.4, 0.5) is 5.69 Å². The highest BCUT2D eigenvalue weighted by atomic mass is 16.5. The number of carboxylic acid groups (broad SMARTS) is 2. The molecule has 7 nitrogen and oxygen atoms in total. The van der Waals surface area contributed by atoms with Crippen molar-refractivity contribution in [3.8, 4) is 11.1 Å². The number of anilines is 1. The lowest BCUT2D eigenvalue weighted by Crippen LogP contribution is -2.12. The lowest BCUT2D eigenvalue weighted by atomic mass is 10.0. The van der Waals surface area contributed by atoms with Gasteiger partial charge in [-0.1, -0.05) is 17.3 Å². The van der Waals surface area contributed by atoms with Crippen LogP contribution in [0.2, 0.25) is 0 Å². The highest BCUT2D eigenvalue weighted by Gasteiger charge is 2.16. The number of hydrogen-bond acceptors (Lipinski definition) is 5. The highest BCUT2D eigenvalue weighted by Crippen LogP contribution is 2.28. The third-order valence-electron chi connectivity index (χ3n) is 3.03. The Morgan fingerprint density at radius 3 is 2.45 bits per heavy atom. The standard InChI is InChI=1S/C15H14N2O5/c1-8-13(9(2)22-17-8)10-4-3-5-11(6-10)16-7-12(14(18)19)15(20)21/h3-7,16H,1-2H3,(H,18,19)(H,20,21). The molecule has 22 heavy (non-hydrogen) atoms. The zero-order chi connectivity index (χ0) is 16.3. The molecule has 0 atom stereocenters. The van der Waals surface area contributed by atoms with Crippen molar-refractivity contribution < 1.29 is 24.3 Å². The van der Waals surface area contributed by atoms with Crippen molar-refractivity contribution in [2.24, 2.45) is 0 Å². The molecule has 0 unspecified atom stereocenters. The van der Waals surface area contributed by atoms with Gasteiger partial charge in [-0.15, -0.1) is 0 Å². The van der Waals surface area contributed by atoms with E-state index in [0.29, 0.717) is 11.4 Å². The van der Waals surface area contributed by atoms with E-state index in [-0.39, 0.29) is 0 Å². The van der Waals surface area contributed by atoms with E-state index in [1.165, 1.54) is 0 Å². The predicted molar refractivity (Wildman–Crippen MR) is 78.4 cm³/mol. The Labute approximate surface area is 125 Å².